The van der Waals surface area contributed by atoms with E-state index in [1.165, 1.54) is 0 Å². The molecule has 23 heavy (non-hydrogen) atoms. The number of hydrogen-bond donors (Lipinski definition) is 1. The molecule has 1 atom stereocenters. The maximum atomic E-state index is 9.10. The molecule has 0 aromatic carbocycles. The number of imidazole rings is 1. The average Bonchev–Trinajstić information content (AvgIpc) is 2.98. The van der Waals surface area contributed by atoms with Gasteiger partial charge in [0.2, 0.25) is 5.95 Å². The van der Waals surface area contributed by atoms with E-state index in [1.54, 1.807) is 12.3 Å². The van der Waals surface area contributed by atoms with E-state index in [0.29, 0.717) is 17.6 Å². The van der Waals surface area contributed by atoms with Crippen LogP contribution < -0.4 is 5.32 Å². The minimum absolute atomic E-state index is 0.00718. The summed E-state index contributed by atoms with van der Waals surface area (Å²) in [5, 5.41) is 12.5. The lowest BCUT2D eigenvalue weighted by Gasteiger charge is -2.30. The molecule has 0 saturated carbocycles. The fourth-order valence-electron chi connectivity index (χ4n) is 2.95. The zero-order valence-electron chi connectivity index (χ0n) is 13.4. The van der Waals surface area contributed by atoms with E-state index in [0.717, 1.165) is 37.6 Å². The van der Waals surface area contributed by atoms with E-state index < -0.39 is 0 Å². The Hall–Kier alpha value is -2.46. The van der Waals surface area contributed by atoms with Crippen molar-refractivity contribution in [2.24, 2.45) is 13.0 Å². The summed E-state index contributed by atoms with van der Waals surface area (Å²) >= 11 is 0. The van der Waals surface area contributed by atoms with Crippen molar-refractivity contribution < 1.29 is 4.74 Å². The third-order valence-electron chi connectivity index (χ3n) is 4.13. The Balaban J connectivity index is 1.91. The highest BCUT2D eigenvalue weighted by atomic mass is 16.5. The minimum atomic E-state index is -0.00718. The van der Waals surface area contributed by atoms with Crippen LogP contribution >= 0.6 is 0 Å². The molecule has 1 aliphatic heterocycles. The summed E-state index contributed by atoms with van der Waals surface area (Å²) in [5.74, 6) is 1.81. The van der Waals surface area contributed by atoms with Gasteiger partial charge in [0.25, 0.3) is 0 Å². The van der Waals surface area contributed by atoms with E-state index in [9.17, 15) is 0 Å². The van der Waals surface area contributed by atoms with Gasteiger partial charge in [0.05, 0.1) is 6.04 Å². The van der Waals surface area contributed by atoms with Crippen LogP contribution in [0.3, 0.4) is 0 Å². The van der Waals surface area contributed by atoms with Gasteiger partial charge in [-0.25, -0.2) is 15.0 Å². The van der Waals surface area contributed by atoms with Gasteiger partial charge in [-0.1, -0.05) is 0 Å². The Bertz CT molecular complexity index is 714. The maximum absolute atomic E-state index is 9.10. The summed E-state index contributed by atoms with van der Waals surface area (Å²) in [6.45, 7) is 3.37. The summed E-state index contributed by atoms with van der Waals surface area (Å²) in [5.41, 5.74) is 1.13. The number of ether oxygens (including phenoxy) is 1. The Morgan fingerprint density at radius 3 is 2.83 bits per heavy atom. The lowest BCUT2D eigenvalue weighted by molar-refractivity contribution is 0.0593. The van der Waals surface area contributed by atoms with Gasteiger partial charge >= 0.3 is 0 Å². The molecular weight excluding hydrogens is 292 g/mol. The van der Waals surface area contributed by atoms with Gasteiger partial charge in [-0.2, -0.15) is 5.26 Å². The molecule has 7 nitrogen and oxygen atoms in total. The number of hydrogen-bond acceptors (Lipinski definition) is 6. The summed E-state index contributed by atoms with van der Waals surface area (Å²) in [4.78, 5) is 13.2. The fourth-order valence-corrected chi connectivity index (χ4v) is 2.95. The standard InChI is InChI=1S/C16H20N6O/c1-11-9-13(10-17)20-16(19-11)21-14(12-3-7-23-8-4-12)15-18-5-6-22(15)2/h5-6,9,12,14H,3-4,7-8H2,1-2H3,(H,19,20,21)/t14-/m0/s1. The van der Waals surface area contributed by atoms with Gasteiger partial charge in [-0.3, -0.25) is 0 Å². The van der Waals surface area contributed by atoms with Crippen molar-refractivity contribution in [2.45, 2.75) is 25.8 Å². The van der Waals surface area contributed by atoms with Crippen molar-refractivity contribution in [3.05, 3.63) is 35.7 Å². The van der Waals surface area contributed by atoms with Gasteiger partial charge < -0.3 is 14.6 Å². The van der Waals surface area contributed by atoms with E-state index in [2.05, 4.69) is 26.3 Å². The quantitative estimate of drug-likeness (QED) is 0.928. The first kappa shape index (κ1) is 15.4. The monoisotopic (exact) mass is 312 g/mol. The van der Waals surface area contributed by atoms with E-state index in [1.807, 2.05) is 24.7 Å². The van der Waals surface area contributed by atoms with Crippen LogP contribution in [0.25, 0.3) is 0 Å². The number of rotatable bonds is 4. The normalized spacial score (nSPS) is 16.7. The van der Waals surface area contributed by atoms with Crippen LogP contribution in [0.5, 0.6) is 0 Å². The van der Waals surface area contributed by atoms with Crippen molar-refractivity contribution in [1.29, 1.82) is 5.26 Å². The molecule has 3 heterocycles. The zero-order valence-corrected chi connectivity index (χ0v) is 13.4. The molecule has 1 aliphatic rings. The molecule has 0 unspecified atom stereocenters. The van der Waals surface area contributed by atoms with E-state index in [-0.39, 0.29) is 6.04 Å². The molecular formula is C16H20N6O. The number of anilines is 1. The van der Waals surface area contributed by atoms with Crippen LogP contribution in [0.4, 0.5) is 5.95 Å². The van der Waals surface area contributed by atoms with Crippen molar-refractivity contribution in [2.75, 3.05) is 18.5 Å². The maximum Gasteiger partial charge on any atom is 0.224 e. The van der Waals surface area contributed by atoms with Crippen molar-refractivity contribution in [3.8, 4) is 6.07 Å². The Labute approximate surface area is 135 Å². The number of nitrogens with zero attached hydrogens (tertiary/aromatic N) is 5. The number of nitrogens with one attached hydrogen (secondary N) is 1. The molecule has 1 saturated heterocycles. The Kier molecular flexibility index (Phi) is 4.53. The zero-order chi connectivity index (χ0) is 16.2. The van der Waals surface area contributed by atoms with Crippen LogP contribution in [0.15, 0.2) is 18.5 Å². The lowest BCUT2D eigenvalue weighted by atomic mass is 9.91. The predicted octanol–water partition coefficient (Wildman–Crippen LogP) is 1.97. The van der Waals surface area contributed by atoms with Gasteiger partial charge in [-0.15, -0.1) is 0 Å². The van der Waals surface area contributed by atoms with Crippen molar-refractivity contribution in [3.63, 3.8) is 0 Å². The first-order valence-corrected chi connectivity index (χ1v) is 7.74. The van der Waals surface area contributed by atoms with Crippen molar-refractivity contribution >= 4 is 5.95 Å². The Morgan fingerprint density at radius 1 is 1.39 bits per heavy atom. The first-order chi connectivity index (χ1) is 11.2. The highest BCUT2D eigenvalue weighted by molar-refractivity contribution is 5.35. The summed E-state index contributed by atoms with van der Waals surface area (Å²) in [6.07, 6.45) is 5.64. The van der Waals surface area contributed by atoms with Gasteiger partial charge in [0.15, 0.2) is 0 Å². The number of aromatic nitrogens is 4. The molecule has 0 aliphatic carbocycles. The van der Waals surface area contributed by atoms with E-state index in [4.69, 9.17) is 10.00 Å². The van der Waals surface area contributed by atoms with Crippen LogP contribution in [-0.4, -0.2) is 32.7 Å². The van der Waals surface area contributed by atoms with Crippen LogP contribution in [0, 0.1) is 24.2 Å². The molecule has 0 amide bonds. The highest BCUT2D eigenvalue weighted by Crippen LogP contribution is 2.31. The second-order valence-corrected chi connectivity index (χ2v) is 5.80. The third-order valence-corrected chi connectivity index (χ3v) is 4.13. The second kappa shape index (κ2) is 6.75. The van der Waals surface area contributed by atoms with Gasteiger partial charge in [0.1, 0.15) is 17.6 Å². The first-order valence-electron chi connectivity index (χ1n) is 7.74. The second-order valence-electron chi connectivity index (χ2n) is 5.80. The summed E-state index contributed by atoms with van der Waals surface area (Å²) in [7, 11) is 1.98. The molecule has 1 N–H and O–H groups in total. The van der Waals surface area contributed by atoms with Crippen LogP contribution in [0.1, 0.15) is 36.1 Å². The van der Waals surface area contributed by atoms with Crippen LogP contribution in [0.2, 0.25) is 0 Å². The SMILES string of the molecule is Cc1cc(C#N)nc(N[C@H](c2nccn2C)C2CCOCC2)n1. The highest BCUT2D eigenvalue weighted by Gasteiger charge is 2.29. The number of aryl methyl sites for hydroxylation is 2. The van der Waals surface area contributed by atoms with Gasteiger partial charge in [-0.05, 0) is 31.7 Å². The fraction of sp³-hybridized carbons (Fsp3) is 0.500. The van der Waals surface area contributed by atoms with Crippen LogP contribution in [-0.2, 0) is 11.8 Å². The topological polar surface area (TPSA) is 88.7 Å². The number of nitriles is 1. The molecule has 2 aromatic heterocycles. The third kappa shape index (κ3) is 3.48. The molecule has 120 valence electrons. The molecule has 2 aromatic rings. The van der Waals surface area contributed by atoms with E-state index >= 15 is 0 Å². The molecule has 0 spiro atoms. The molecule has 3 rings (SSSR count). The largest absolute Gasteiger partial charge is 0.381 e. The summed E-state index contributed by atoms with van der Waals surface area (Å²) in [6, 6.07) is 3.74. The molecule has 0 bridgehead atoms. The summed E-state index contributed by atoms with van der Waals surface area (Å²) < 4.78 is 7.48. The average molecular weight is 312 g/mol. The van der Waals surface area contributed by atoms with Gasteiger partial charge in [0, 0.05) is 38.3 Å². The molecule has 1 fully saturated rings. The van der Waals surface area contributed by atoms with Crippen molar-refractivity contribution in [1.82, 2.24) is 19.5 Å². The Morgan fingerprint density at radius 2 is 2.17 bits per heavy atom. The minimum Gasteiger partial charge on any atom is -0.381 e. The smallest absolute Gasteiger partial charge is 0.224 e. The molecule has 7 heteroatoms. The predicted molar refractivity (Wildman–Crippen MR) is 84.6 cm³/mol. The molecule has 0 radical (unpaired) electrons. The lowest BCUT2D eigenvalue weighted by Crippen LogP contribution is -2.29.